The molecule has 0 aliphatic rings. The molecule has 0 bridgehead atoms. The zero-order valence-corrected chi connectivity index (χ0v) is 16.8. The van der Waals surface area contributed by atoms with E-state index >= 15 is 0 Å². The lowest BCUT2D eigenvalue weighted by Crippen LogP contribution is -2.37. The highest BCUT2D eigenvalue weighted by Crippen LogP contribution is 2.11. The van der Waals surface area contributed by atoms with Crippen molar-refractivity contribution >= 4 is 23.4 Å². The number of nitrogens with zero attached hydrogens (tertiary/aromatic N) is 2. The van der Waals surface area contributed by atoms with E-state index in [1.807, 2.05) is 60.7 Å². The normalized spacial score (nSPS) is 11.7. The van der Waals surface area contributed by atoms with Crippen LogP contribution < -0.4 is 10.9 Å². The van der Waals surface area contributed by atoms with Gasteiger partial charge in [0.25, 0.3) is 5.56 Å². The Morgan fingerprint density at radius 2 is 1.72 bits per heavy atom. The van der Waals surface area contributed by atoms with Crippen molar-refractivity contribution in [3.8, 4) is 0 Å². The lowest BCUT2D eigenvalue weighted by atomic mass is 10.1. The number of hydrogen-bond acceptors (Lipinski definition) is 5. The fourth-order valence-corrected chi connectivity index (χ4v) is 3.21. The molecule has 1 N–H and O–H groups in total. The van der Waals surface area contributed by atoms with Crippen LogP contribution in [-0.2, 0) is 28.9 Å². The summed E-state index contributed by atoms with van der Waals surface area (Å²) in [5, 5.41) is 3.09. The van der Waals surface area contributed by atoms with Crippen LogP contribution in [0.25, 0.3) is 0 Å². The fourth-order valence-electron chi connectivity index (χ4n) is 3.01. The minimum Gasteiger partial charge on any atom is -0.467 e. The zero-order valence-electron chi connectivity index (χ0n) is 16.0. The van der Waals surface area contributed by atoms with Crippen molar-refractivity contribution in [1.29, 1.82) is 0 Å². The summed E-state index contributed by atoms with van der Waals surface area (Å²) in [6.07, 6.45) is 2.53. The van der Waals surface area contributed by atoms with E-state index in [2.05, 4.69) is 10.3 Å². The minimum absolute atomic E-state index is 0.0249. The van der Waals surface area contributed by atoms with Crippen LogP contribution in [0.2, 0.25) is 5.15 Å². The molecule has 7 heteroatoms. The van der Waals surface area contributed by atoms with Gasteiger partial charge in [0, 0.05) is 19.2 Å². The first-order chi connectivity index (χ1) is 14.1. The van der Waals surface area contributed by atoms with Gasteiger partial charge in [0.2, 0.25) is 0 Å². The van der Waals surface area contributed by atoms with Gasteiger partial charge < -0.3 is 14.6 Å². The SMILES string of the molecule is COC(=O)C(Cc1ccccc1)Nc1nc(Cl)cn(CCc2ccccc2)c1=O. The number of aromatic nitrogens is 2. The first kappa shape index (κ1) is 20.6. The van der Waals surface area contributed by atoms with Gasteiger partial charge in [-0.25, -0.2) is 9.78 Å². The molecule has 0 saturated heterocycles. The van der Waals surface area contributed by atoms with Crippen molar-refractivity contribution in [2.75, 3.05) is 12.4 Å². The largest absolute Gasteiger partial charge is 0.467 e. The first-order valence-corrected chi connectivity index (χ1v) is 9.64. The van der Waals surface area contributed by atoms with Gasteiger partial charge in [-0.1, -0.05) is 72.3 Å². The van der Waals surface area contributed by atoms with Crippen LogP contribution in [0.4, 0.5) is 5.82 Å². The quantitative estimate of drug-likeness (QED) is 0.575. The molecule has 2 aromatic carbocycles. The Kier molecular flexibility index (Phi) is 7.03. The molecule has 0 fully saturated rings. The van der Waals surface area contributed by atoms with Crippen LogP contribution in [0.15, 0.2) is 71.7 Å². The van der Waals surface area contributed by atoms with Crippen LogP contribution >= 0.6 is 11.6 Å². The van der Waals surface area contributed by atoms with Crippen molar-refractivity contribution in [2.45, 2.75) is 25.4 Å². The molecule has 0 spiro atoms. The van der Waals surface area contributed by atoms with Crippen LogP contribution in [-0.4, -0.2) is 28.7 Å². The van der Waals surface area contributed by atoms with Crippen LogP contribution in [0.3, 0.4) is 0 Å². The van der Waals surface area contributed by atoms with Gasteiger partial charge in [0.05, 0.1) is 7.11 Å². The number of carbonyl (C=O) groups excluding carboxylic acids is 1. The Balaban J connectivity index is 1.81. The molecule has 1 aromatic heterocycles. The van der Waals surface area contributed by atoms with E-state index in [1.54, 1.807) is 0 Å². The van der Waals surface area contributed by atoms with Gasteiger partial charge >= 0.3 is 5.97 Å². The number of anilines is 1. The van der Waals surface area contributed by atoms with Crippen molar-refractivity contribution < 1.29 is 9.53 Å². The standard InChI is InChI=1S/C22H22ClN3O3/c1-29-22(28)18(14-17-10-6-3-7-11-17)24-20-21(27)26(15-19(23)25-20)13-12-16-8-4-2-5-9-16/h2-11,15,18H,12-14H2,1H3,(H,24,25). The first-order valence-electron chi connectivity index (χ1n) is 9.26. The monoisotopic (exact) mass is 411 g/mol. The van der Waals surface area contributed by atoms with E-state index in [-0.39, 0.29) is 16.5 Å². The number of benzene rings is 2. The molecule has 150 valence electrons. The third-order valence-corrected chi connectivity index (χ3v) is 4.69. The number of esters is 1. The van der Waals surface area contributed by atoms with Gasteiger partial charge in [-0.05, 0) is 17.5 Å². The molecule has 1 unspecified atom stereocenters. The maximum atomic E-state index is 12.9. The Morgan fingerprint density at radius 3 is 2.34 bits per heavy atom. The lowest BCUT2D eigenvalue weighted by molar-refractivity contribution is -0.141. The summed E-state index contributed by atoms with van der Waals surface area (Å²) in [5.41, 5.74) is 1.70. The summed E-state index contributed by atoms with van der Waals surface area (Å²) in [4.78, 5) is 29.2. The molecule has 1 heterocycles. The number of halogens is 1. The number of carbonyl (C=O) groups is 1. The van der Waals surface area contributed by atoms with Crippen molar-refractivity contribution in [2.24, 2.45) is 0 Å². The molecule has 29 heavy (non-hydrogen) atoms. The molecule has 0 aliphatic carbocycles. The van der Waals surface area contributed by atoms with Gasteiger partial charge in [-0.3, -0.25) is 4.79 Å². The maximum Gasteiger partial charge on any atom is 0.328 e. The molecule has 1 atom stereocenters. The van der Waals surface area contributed by atoms with Crippen LogP contribution in [0.5, 0.6) is 0 Å². The zero-order chi connectivity index (χ0) is 20.6. The Bertz CT molecular complexity index is 1010. The highest BCUT2D eigenvalue weighted by Gasteiger charge is 2.22. The summed E-state index contributed by atoms with van der Waals surface area (Å²) in [6.45, 7) is 0.446. The summed E-state index contributed by atoms with van der Waals surface area (Å²) >= 11 is 6.13. The second kappa shape index (κ2) is 9.89. The van der Waals surface area contributed by atoms with Crippen molar-refractivity contribution in [1.82, 2.24) is 9.55 Å². The Morgan fingerprint density at radius 1 is 1.10 bits per heavy atom. The number of methoxy groups -OCH3 is 1. The summed E-state index contributed by atoms with van der Waals surface area (Å²) in [5.74, 6) is -0.456. The average Bonchev–Trinajstić information content (AvgIpc) is 2.75. The minimum atomic E-state index is -0.761. The molecule has 0 saturated carbocycles. The number of hydrogen-bond donors (Lipinski definition) is 1. The molecule has 0 radical (unpaired) electrons. The number of rotatable bonds is 8. The average molecular weight is 412 g/mol. The number of aryl methyl sites for hydroxylation is 2. The molecule has 0 aliphatic heterocycles. The van der Waals surface area contributed by atoms with Crippen LogP contribution in [0.1, 0.15) is 11.1 Å². The van der Waals surface area contributed by atoms with E-state index in [0.29, 0.717) is 19.4 Å². The molecule has 3 aromatic rings. The highest BCUT2D eigenvalue weighted by molar-refractivity contribution is 6.29. The smallest absolute Gasteiger partial charge is 0.328 e. The third-order valence-electron chi connectivity index (χ3n) is 4.51. The molecule has 0 amide bonds. The maximum absolute atomic E-state index is 12.9. The predicted octanol–water partition coefficient (Wildman–Crippen LogP) is 3.34. The summed E-state index contributed by atoms with van der Waals surface area (Å²) in [6, 6.07) is 18.6. The van der Waals surface area contributed by atoms with Gasteiger partial charge in [0.15, 0.2) is 5.82 Å². The molecular formula is C22H22ClN3O3. The molecule has 3 rings (SSSR count). The van der Waals surface area contributed by atoms with Gasteiger partial charge in [-0.2, -0.15) is 0 Å². The van der Waals surface area contributed by atoms with Gasteiger partial charge in [0.1, 0.15) is 11.2 Å². The third kappa shape index (κ3) is 5.68. The van der Waals surface area contributed by atoms with E-state index in [0.717, 1.165) is 11.1 Å². The topological polar surface area (TPSA) is 73.2 Å². The second-order valence-corrected chi connectivity index (χ2v) is 6.94. The Hall–Kier alpha value is -3.12. The van der Waals surface area contributed by atoms with E-state index < -0.39 is 12.0 Å². The van der Waals surface area contributed by atoms with E-state index in [9.17, 15) is 9.59 Å². The second-order valence-electron chi connectivity index (χ2n) is 6.56. The summed E-state index contributed by atoms with van der Waals surface area (Å²) < 4.78 is 6.39. The number of ether oxygens (including phenoxy) is 1. The Labute approximate surface area is 174 Å². The number of nitrogens with one attached hydrogen (secondary N) is 1. The lowest BCUT2D eigenvalue weighted by Gasteiger charge is -2.18. The van der Waals surface area contributed by atoms with Gasteiger partial charge in [-0.15, -0.1) is 0 Å². The molecular weight excluding hydrogens is 390 g/mol. The van der Waals surface area contributed by atoms with Crippen molar-refractivity contribution in [3.05, 3.63) is 93.5 Å². The fraction of sp³-hybridized carbons (Fsp3) is 0.227. The molecule has 6 nitrogen and oxygen atoms in total. The highest BCUT2D eigenvalue weighted by atomic mass is 35.5. The predicted molar refractivity (Wildman–Crippen MR) is 113 cm³/mol. The van der Waals surface area contributed by atoms with Crippen molar-refractivity contribution in [3.63, 3.8) is 0 Å². The van der Waals surface area contributed by atoms with E-state index in [4.69, 9.17) is 16.3 Å². The van der Waals surface area contributed by atoms with E-state index in [1.165, 1.54) is 17.9 Å². The van der Waals surface area contributed by atoms with Crippen LogP contribution in [0, 0.1) is 0 Å². The summed E-state index contributed by atoms with van der Waals surface area (Å²) in [7, 11) is 1.31.